The lowest BCUT2D eigenvalue weighted by Gasteiger charge is -2.20. The summed E-state index contributed by atoms with van der Waals surface area (Å²) >= 11 is 0. The molecule has 6 heteroatoms. The van der Waals surface area contributed by atoms with Crippen LogP contribution >= 0.6 is 0 Å². The summed E-state index contributed by atoms with van der Waals surface area (Å²) in [7, 11) is 0. The Balaban J connectivity index is 3.34. The Kier molecular flexibility index (Phi) is 82.3. The fourth-order valence-corrected chi connectivity index (χ4v) is 13.7. The molecule has 2 atom stereocenters. The molecule has 0 aliphatic carbocycles. The molecule has 0 aromatic heterocycles. The van der Waals surface area contributed by atoms with Crippen LogP contribution < -0.4 is 5.32 Å². The molecule has 3 N–H and O–H groups in total. The molecule has 560 valence electrons. The van der Waals surface area contributed by atoms with E-state index >= 15 is 0 Å². The first-order valence-electron chi connectivity index (χ1n) is 43.4. The number of unbranched alkanes of at least 4 members (excludes halogenated alkanes) is 65. The second-order valence-corrected chi connectivity index (χ2v) is 29.9. The quantitative estimate of drug-likeness (QED) is 0.0320. The Bertz CT molecular complexity index is 1590. The van der Waals surface area contributed by atoms with Crippen molar-refractivity contribution in [2.24, 2.45) is 0 Å². The highest BCUT2D eigenvalue weighted by Gasteiger charge is 2.18. The molecule has 0 aliphatic rings. The largest absolute Gasteiger partial charge is 0.466 e. The number of hydrogen-bond donors (Lipinski definition) is 3. The predicted molar refractivity (Wildman–Crippen MR) is 421 cm³/mol. The monoisotopic (exact) mass is 1330 g/mol. The van der Waals surface area contributed by atoms with Gasteiger partial charge in [-0.3, -0.25) is 9.59 Å². The number of carbonyl (C=O) groups excluding carboxylic acids is 2. The molecule has 95 heavy (non-hydrogen) atoms. The van der Waals surface area contributed by atoms with E-state index in [0.717, 1.165) is 51.4 Å². The first-order valence-corrected chi connectivity index (χ1v) is 43.4. The number of amides is 1. The Labute approximate surface area is 595 Å². The first-order chi connectivity index (χ1) is 47.0. The van der Waals surface area contributed by atoms with Crippen LogP contribution in [0.5, 0.6) is 0 Å². The van der Waals surface area contributed by atoms with Gasteiger partial charge >= 0.3 is 5.97 Å². The molecule has 0 spiro atoms. The van der Waals surface area contributed by atoms with Gasteiger partial charge in [-0.25, -0.2) is 0 Å². The molecule has 6 nitrogen and oxygen atoms in total. The zero-order chi connectivity index (χ0) is 68.4. The van der Waals surface area contributed by atoms with E-state index in [9.17, 15) is 19.8 Å². The van der Waals surface area contributed by atoms with Crippen molar-refractivity contribution in [2.75, 3.05) is 13.2 Å². The standard InChI is InChI=1S/C89H169NO5/c1-3-5-7-9-11-13-15-17-19-21-23-43-46-49-53-57-61-65-69-73-77-81-87(92)86(85-91)90-88(93)82-78-74-70-66-62-58-54-50-47-44-41-39-37-35-33-31-29-27-25-24-26-28-30-32-34-36-38-40-42-45-48-52-56-60-64-68-72-76-80-84-95-89(94)83-79-75-71-67-63-59-55-51-22-20-18-16-14-12-10-8-6-4-2/h14,16,20,22,24-25,77,81,86-87,91-92H,3-13,15,17-19,21,23,26-76,78-80,82-85H2,1-2H3,(H,90,93)/b16-14-,22-20-,25-24-,81-77+. The van der Waals surface area contributed by atoms with Crippen LogP contribution in [0.15, 0.2) is 48.6 Å². The van der Waals surface area contributed by atoms with Crippen molar-refractivity contribution in [3.8, 4) is 0 Å². The highest BCUT2D eigenvalue weighted by atomic mass is 16.5. The molecule has 0 fully saturated rings. The minimum absolute atomic E-state index is 0.0156. The molecule has 0 aromatic carbocycles. The number of aliphatic hydroxyl groups excluding tert-OH is 2. The molecule has 0 aliphatic heterocycles. The van der Waals surface area contributed by atoms with E-state index in [4.69, 9.17) is 4.74 Å². The number of ether oxygens (including phenoxy) is 1. The average Bonchev–Trinajstić information content (AvgIpc) is 2.99. The molecular formula is C89H169NO5. The van der Waals surface area contributed by atoms with Crippen LogP contribution in [-0.2, 0) is 14.3 Å². The van der Waals surface area contributed by atoms with Gasteiger partial charge in [-0.15, -0.1) is 0 Å². The fourth-order valence-electron chi connectivity index (χ4n) is 13.7. The summed E-state index contributed by atoms with van der Waals surface area (Å²) in [6.07, 6.45) is 113. The summed E-state index contributed by atoms with van der Waals surface area (Å²) in [5.74, 6) is -0.0434. The van der Waals surface area contributed by atoms with Gasteiger partial charge in [0.05, 0.1) is 25.4 Å². The van der Waals surface area contributed by atoms with Gasteiger partial charge in [-0.1, -0.05) is 428 Å². The molecule has 0 saturated carbocycles. The van der Waals surface area contributed by atoms with E-state index < -0.39 is 12.1 Å². The third kappa shape index (κ3) is 80.7. The minimum atomic E-state index is -0.843. The Morgan fingerprint density at radius 2 is 0.526 bits per heavy atom. The Morgan fingerprint density at radius 1 is 0.295 bits per heavy atom. The SMILES string of the molecule is CCCCCC/C=C\C/C=C\CCCCCCCCCC(=O)OCCCCCCCCCCCCCCCCCCCC/C=C\CCCCCCCCCCCCCCCCCCCC(=O)NC(CO)C(O)/C=C/CCCCCCCCCCCCCCCCCCCCC. The molecule has 1 amide bonds. The molecule has 0 bridgehead atoms. The van der Waals surface area contributed by atoms with Gasteiger partial charge in [-0.2, -0.15) is 0 Å². The topological polar surface area (TPSA) is 95.9 Å². The lowest BCUT2D eigenvalue weighted by molar-refractivity contribution is -0.143. The summed E-state index contributed by atoms with van der Waals surface area (Å²) in [6.45, 7) is 4.94. The van der Waals surface area contributed by atoms with Crippen LogP contribution in [0, 0.1) is 0 Å². The molecule has 0 radical (unpaired) electrons. The molecule has 0 aromatic rings. The first kappa shape index (κ1) is 92.8. The van der Waals surface area contributed by atoms with Gasteiger partial charge < -0.3 is 20.3 Å². The van der Waals surface area contributed by atoms with E-state index in [0.29, 0.717) is 19.4 Å². The fraction of sp³-hybridized carbons (Fsp3) is 0.888. The van der Waals surface area contributed by atoms with E-state index in [1.54, 1.807) is 6.08 Å². The van der Waals surface area contributed by atoms with Crippen molar-refractivity contribution in [3.05, 3.63) is 48.6 Å². The summed E-state index contributed by atoms with van der Waals surface area (Å²) in [5.41, 5.74) is 0. The van der Waals surface area contributed by atoms with Crippen molar-refractivity contribution in [1.82, 2.24) is 5.32 Å². The van der Waals surface area contributed by atoms with Crippen LogP contribution in [0.3, 0.4) is 0 Å². The molecule has 0 heterocycles. The summed E-state index contributed by atoms with van der Waals surface area (Å²) in [5, 5.41) is 23.3. The van der Waals surface area contributed by atoms with Crippen LogP contribution in [0.2, 0.25) is 0 Å². The second kappa shape index (κ2) is 84.2. The predicted octanol–water partition coefficient (Wildman–Crippen LogP) is 29.1. The zero-order valence-electron chi connectivity index (χ0n) is 64.4. The van der Waals surface area contributed by atoms with Gasteiger partial charge in [0.1, 0.15) is 0 Å². The van der Waals surface area contributed by atoms with Crippen molar-refractivity contribution >= 4 is 11.9 Å². The summed E-state index contributed by atoms with van der Waals surface area (Å²) in [4.78, 5) is 24.7. The minimum Gasteiger partial charge on any atom is -0.466 e. The maximum absolute atomic E-state index is 12.6. The van der Waals surface area contributed by atoms with Crippen molar-refractivity contribution in [2.45, 2.75) is 495 Å². The number of carbonyl (C=O) groups is 2. The van der Waals surface area contributed by atoms with Crippen molar-refractivity contribution in [3.63, 3.8) is 0 Å². The van der Waals surface area contributed by atoms with Crippen molar-refractivity contribution < 1.29 is 24.5 Å². The van der Waals surface area contributed by atoms with Crippen LogP contribution in [0.1, 0.15) is 483 Å². The van der Waals surface area contributed by atoms with E-state index in [1.807, 2.05) is 6.08 Å². The van der Waals surface area contributed by atoms with Gasteiger partial charge in [0.15, 0.2) is 0 Å². The number of aliphatic hydroxyl groups is 2. The van der Waals surface area contributed by atoms with Gasteiger partial charge in [0, 0.05) is 12.8 Å². The van der Waals surface area contributed by atoms with Crippen LogP contribution in [0.4, 0.5) is 0 Å². The molecular weight excluding hydrogens is 1160 g/mol. The summed E-state index contributed by atoms with van der Waals surface area (Å²) in [6, 6.07) is -0.626. The average molecular weight is 1330 g/mol. The molecule has 0 rings (SSSR count). The number of allylic oxidation sites excluding steroid dienone is 7. The zero-order valence-corrected chi connectivity index (χ0v) is 64.4. The number of nitrogens with one attached hydrogen (secondary N) is 1. The third-order valence-corrected chi connectivity index (χ3v) is 20.3. The van der Waals surface area contributed by atoms with E-state index in [1.165, 1.54) is 405 Å². The lowest BCUT2D eigenvalue weighted by atomic mass is 10.0. The van der Waals surface area contributed by atoms with Gasteiger partial charge in [0.2, 0.25) is 5.91 Å². The maximum Gasteiger partial charge on any atom is 0.305 e. The smallest absolute Gasteiger partial charge is 0.305 e. The lowest BCUT2D eigenvalue weighted by Crippen LogP contribution is -2.45. The third-order valence-electron chi connectivity index (χ3n) is 20.3. The highest BCUT2D eigenvalue weighted by Crippen LogP contribution is 2.20. The Hall–Kier alpha value is -2.18. The maximum atomic E-state index is 12.6. The highest BCUT2D eigenvalue weighted by molar-refractivity contribution is 5.76. The van der Waals surface area contributed by atoms with Gasteiger partial charge in [0.25, 0.3) is 0 Å². The van der Waals surface area contributed by atoms with E-state index in [2.05, 4.69) is 55.6 Å². The van der Waals surface area contributed by atoms with Crippen molar-refractivity contribution in [1.29, 1.82) is 0 Å². The van der Waals surface area contributed by atoms with Crippen LogP contribution in [0.25, 0.3) is 0 Å². The second-order valence-electron chi connectivity index (χ2n) is 29.9. The van der Waals surface area contributed by atoms with E-state index in [-0.39, 0.29) is 18.5 Å². The summed E-state index contributed by atoms with van der Waals surface area (Å²) < 4.78 is 5.51. The molecule has 0 saturated heterocycles. The van der Waals surface area contributed by atoms with Crippen LogP contribution in [-0.4, -0.2) is 47.4 Å². The normalized spacial score (nSPS) is 12.7. The number of esters is 1. The molecule has 2 unspecified atom stereocenters. The Morgan fingerprint density at radius 3 is 0.821 bits per heavy atom. The van der Waals surface area contributed by atoms with Gasteiger partial charge in [-0.05, 0) is 89.9 Å². The number of rotatable bonds is 82. The number of hydrogen-bond acceptors (Lipinski definition) is 5.